The first-order chi connectivity index (χ1) is 8.20. The SMILES string of the molecule is N#Cc1cn[nH]c1NC(=O)c1cccc(=O)[nH]1. The van der Waals surface area contributed by atoms with Gasteiger partial charge in [-0.3, -0.25) is 14.7 Å². The van der Waals surface area contributed by atoms with Crippen LogP contribution >= 0.6 is 0 Å². The van der Waals surface area contributed by atoms with Gasteiger partial charge in [-0.05, 0) is 6.07 Å². The minimum atomic E-state index is -0.525. The fourth-order valence-electron chi connectivity index (χ4n) is 1.23. The van der Waals surface area contributed by atoms with Gasteiger partial charge in [-0.1, -0.05) is 6.07 Å². The van der Waals surface area contributed by atoms with E-state index in [-0.39, 0.29) is 22.6 Å². The van der Waals surface area contributed by atoms with Crippen molar-refractivity contribution >= 4 is 11.7 Å². The van der Waals surface area contributed by atoms with E-state index in [1.54, 1.807) is 0 Å². The summed E-state index contributed by atoms with van der Waals surface area (Å²) in [5.74, 6) is -0.328. The number of aromatic amines is 2. The van der Waals surface area contributed by atoms with Crippen molar-refractivity contribution in [3.63, 3.8) is 0 Å². The number of carbonyl (C=O) groups excluding carboxylic acids is 1. The Morgan fingerprint density at radius 3 is 3.00 bits per heavy atom. The van der Waals surface area contributed by atoms with Gasteiger partial charge in [0, 0.05) is 6.07 Å². The Morgan fingerprint density at radius 1 is 1.47 bits per heavy atom. The van der Waals surface area contributed by atoms with Gasteiger partial charge in [-0.15, -0.1) is 0 Å². The first kappa shape index (κ1) is 10.6. The molecule has 0 saturated heterocycles. The van der Waals surface area contributed by atoms with Crippen LogP contribution in [0.25, 0.3) is 0 Å². The number of amides is 1. The van der Waals surface area contributed by atoms with Gasteiger partial charge in [0.25, 0.3) is 5.91 Å². The zero-order valence-electron chi connectivity index (χ0n) is 8.52. The molecule has 2 aromatic rings. The van der Waals surface area contributed by atoms with E-state index in [2.05, 4.69) is 20.5 Å². The molecule has 0 saturated carbocycles. The number of rotatable bonds is 2. The zero-order valence-corrected chi connectivity index (χ0v) is 8.52. The van der Waals surface area contributed by atoms with Crippen LogP contribution in [0.15, 0.2) is 29.2 Å². The smallest absolute Gasteiger partial charge is 0.273 e. The van der Waals surface area contributed by atoms with Crippen molar-refractivity contribution in [3.05, 3.63) is 46.0 Å². The van der Waals surface area contributed by atoms with Crippen LogP contribution in [0, 0.1) is 11.3 Å². The monoisotopic (exact) mass is 229 g/mol. The molecule has 0 aliphatic rings. The summed E-state index contributed by atoms with van der Waals surface area (Å²) in [7, 11) is 0. The van der Waals surface area contributed by atoms with Gasteiger partial charge in [0.05, 0.1) is 6.20 Å². The number of nitrogens with zero attached hydrogens (tertiary/aromatic N) is 2. The number of hydrogen-bond acceptors (Lipinski definition) is 4. The van der Waals surface area contributed by atoms with Gasteiger partial charge in [-0.25, -0.2) is 0 Å². The van der Waals surface area contributed by atoms with Crippen LogP contribution in [0.1, 0.15) is 16.1 Å². The van der Waals surface area contributed by atoms with E-state index in [0.717, 1.165) is 0 Å². The summed E-state index contributed by atoms with van der Waals surface area (Å²) in [5, 5.41) is 17.2. The molecule has 0 aromatic carbocycles. The Kier molecular flexibility index (Phi) is 2.70. The molecule has 84 valence electrons. The van der Waals surface area contributed by atoms with Crippen molar-refractivity contribution < 1.29 is 4.79 Å². The molecule has 7 nitrogen and oxygen atoms in total. The molecule has 0 unspecified atom stereocenters. The molecule has 7 heteroatoms. The molecule has 0 atom stereocenters. The van der Waals surface area contributed by atoms with Crippen LogP contribution in [0.4, 0.5) is 5.82 Å². The number of hydrogen-bond donors (Lipinski definition) is 3. The lowest BCUT2D eigenvalue weighted by molar-refractivity contribution is 0.102. The fraction of sp³-hybridized carbons (Fsp3) is 0. The molecule has 17 heavy (non-hydrogen) atoms. The number of nitrogens with one attached hydrogen (secondary N) is 3. The lowest BCUT2D eigenvalue weighted by Gasteiger charge is -2.02. The molecule has 2 rings (SSSR count). The highest BCUT2D eigenvalue weighted by Crippen LogP contribution is 2.09. The van der Waals surface area contributed by atoms with E-state index in [4.69, 9.17) is 5.26 Å². The largest absolute Gasteiger partial charge is 0.318 e. The summed E-state index contributed by atoms with van der Waals surface area (Å²) in [6.07, 6.45) is 1.29. The van der Waals surface area contributed by atoms with Crippen LogP contribution < -0.4 is 10.9 Å². The van der Waals surface area contributed by atoms with Gasteiger partial charge in [0.1, 0.15) is 23.1 Å². The Balaban J connectivity index is 2.24. The van der Waals surface area contributed by atoms with Crippen LogP contribution in [0.2, 0.25) is 0 Å². The Bertz CT molecular complexity index is 649. The predicted octanol–water partition coefficient (Wildman–Crippen LogP) is 0.222. The summed E-state index contributed by atoms with van der Waals surface area (Å²) in [5.41, 5.74) is -0.0459. The third kappa shape index (κ3) is 2.21. The number of nitriles is 1. The van der Waals surface area contributed by atoms with Gasteiger partial charge < -0.3 is 10.3 Å². The van der Waals surface area contributed by atoms with Gasteiger partial charge in [0.15, 0.2) is 0 Å². The summed E-state index contributed by atoms with van der Waals surface area (Å²) < 4.78 is 0. The average molecular weight is 229 g/mol. The zero-order chi connectivity index (χ0) is 12.3. The molecule has 2 heterocycles. The molecule has 0 aliphatic carbocycles. The minimum Gasteiger partial charge on any atom is -0.318 e. The quantitative estimate of drug-likeness (QED) is 0.683. The third-order valence-electron chi connectivity index (χ3n) is 2.01. The topological polar surface area (TPSA) is 114 Å². The molecule has 0 bridgehead atoms. The molecule has 0 radical (unpaired) electrons. The van der Waals surface area contributed by atoms with Crippen LogP contribution in [0.5, 0.6) is 0 Å². The van der Waals surface area contributed by atoms with Crippen molar-refractivity contribution in [2.24, 2.45) is 0 Å². The second-order valence-corrected chi connectivity index (χ2v) is 3.15. The number of aromatic nitrogens is 3. The lowest BCUT2D eigenvalue weighted by Crippen LogP contribution is -2.18. The van der Waals surface area contributed by atoms with E-state index in [1.807, 2.05) is 6.07 Å². The van der Waals surface area contributed by atoms with Crippen molar-refractivity contribution in [1.29, 1.82) is 5.26 Å². The third-order valence-corrected chi connectivity index (χ3v) is 2.01. The van der Waals surface area contributed by atoms with Gasteiger partial charge in [0.2, 0.25) is 5.56 Å². The maximum atomic E-state index is 11.7. The summed E-state index contributed by atoms with van der Waals surface area (Å²) in [6, 6.07) is 6.08. The fourth-order valence-corrected chi connectivity index (χ4v) is 1.23. The Labute approximate surface area is 95.1 Å². The number of pyridine rings is 1. The molecule has 2 aromatic heterocycles. The summed E-state index contributed by atoms with van der Waals surface area (Å²) in [6.45, 7) is 0. The number of carbonyl (C=O) groups is 1. The van der Waals surface area contributed by atoms with E-state index in [0.29, 0.717) is 0 Å². The maximum Gasteiger partial charge on any atom is 0.273 e. The highest BCUT2D eigenvalue weighted by atomic mass is 16.2. The second kappa shape index (κ2) is 4.32. The Morgan fingerprint density at radius 2 is 2.29 bits per heavy atom. The van der Waals surface area contributed by atoms with Crippen molar-refractivity contribution in [2.45, 2.75) is 0 Å². The normalized spacial score (nSPS) is 9.59. The van der Waals surface area contributed by atoms with E-state index in [1.165, 1.54) is 24.4 Å². The maximum absolute atomic E-state index is 11.7. The van der Waals surface area contributed by atoms with Crippen LogP contribution in [-0.2, 0) is 0 Å². The van der Waals surface area contributed by atoms with Gasteiger partial charge >= 0.3 is 0 Å². The second-order valence-electron chi connectivity index (χ2n) is 3.15. The minimum absolute atomic E-state index is 0.107. The average Bonchev–Trinajstić information content (AvgIpc) is 2.76. The Hall–Kier alpha value is -2.88. The molecule has 0 spiro atoms. The highest BCUT2D eigenvalue weighted by molar-refractivity contribution is 6.02. The van der Waals surface area contributed by atoms with E-state index >= 15 is 0 Å². The number of H-pyrrole nitrogens is 2. The first-order valence-corrected chi connectivity index (χ1v) is 4.65. The van der Waals surface area contributed by atoms with Crippen LogP contribution in [0.3, 0.4) is 0 Å². The molecular formula is C10H7N5O2. The van der Waals surface area contributed by atoms with Crippen LogP contribution in [-0.4, -0.2) is 21.1 Å². The first-order valence-electron chi connectivity index (χ1n) is 4.65. The van der Waals surface area contributed by atoms with Crippen molar-refractivity contribution in [2.75, 3.05) is 5.32 Å². The van der Waals surface area contributed by atoms with Crippen molar-refractivity contribution in [3.8, 4) is 6.07 Å². The molecule has 3 N–H and O–H groups in total. The molecular weight excluding hydrogens is 222 g/mol. The molecule has 1 amide bonds. The van der Waals surface area contributed by atoms with Crippen molar-refractivity contribution in [1.82, 2.24) is 15.2 Å². The highest BCUT2D eigenvalue weighted by Gasteiger charge is 2.10. The number of anilines is 1. The van der Waals surface area contributed by atoms with E-state index in [9.17, 15) is 9.59 Å². The predicted molar refractivity (Wildman–Crippen MR) is 58.3 cm³/mol. The van der Waals surface area contributed by atoms with Gasteiger partial charge in [-0.2, -0.15) is 10.4 Å². The molecule has 0 fully saturated rings. The standard InChI is InChI=1S/C10H7N5O2/c11-4-6-5-12-15-9(6)14-10(17)7-2-1-3-8(16)13-7/h1-3,5H,(H,13,16)(H2,12,14,15,17). The van der Waals surface area contributed by atoms with E-state index < -0.39 is 5.91 Å². The lowest BCUT2D eigenvalue weighted by atomic mass is 10.3. The summed E-state index contributed by atoms with van der Waals surface area (Å²) in [4.78, 5) is 25.1. The summed E-state index contributed by atoms with van der Waals surface area (Å²) >= 11 is 0. The molecule has 0 aliphatic heterocycles.